The van der Waals surface area contributed by atoms with Gasteiger partial charge in [0.1, 0.15) is 5.84 Å². The quantitative estimate of drug-likeness (QED) is 0.437. The lowest BCUT2D eigenvalue weighted by Crippen LogP contribution is -2.47. The van der Waals surface area contributed by atoms with Gasteiger partial charge in [0, 0.05) is 13.6 Å². The fourth-order valence-corrected chi connectivity index (χ4v) is 0.741. The number of carbonyl (C=O) groups excluding carboxylic acids is 1. The zero-order chi connectivity index (χ0) is 10.4. The Morgan fingerprint density at radius 3 is 2.62 bits per heavy atom. The fraction of sp³-hybridized carbons (Fsp3) is 0.750. The van der Waals surface area contributed by atoms with Crippen molar-refractivity contribution in [3.05, 3.63) is 0 Å². The summed E-state index contributed by atoms with van der Waals surface area (Å²) in [7, 11) is 1.62. The van der Waals surface area contributed by atoms with Crippen LogP contribution in [0.4, 0.5) is 4.79 Å². The Bertz CT molecular complexity index is 193. The van der Waals surface area contributed by atoms with Crippen molar-refractivity contribution in [3.8, 4) is 0 Å². The fourth-order valence-electron chi connectivity index (χ4n) is 0.741. The van der Waals surface area contributed by atoms with Gasteiger partial charge < -0.3 is 16.0 Å². The molecule has 2 amide bonds. The van der Waals surface area contributed by atoms with Crippen molar-refractivity contribution in [1.29, 1.82) is 5.41 Å². The van der Waals surface area contributed by atoms with Gasteiger partial charge in [-0.05, 0) is 13.3 Å². The van der Waals surface area contributed by atoms with Crippen molar-refractivity contribution in [2.45, 2.75) is 26.3 Å². The third-order valence-electron chi connectivity index (χ3n) is 1.88. The Balaban J connectivity index is 4.01. The first kappa shape index (κ1) is 11.7. The molecule has 0 rings (SSSR count). The Labute approximate surface area is 78.8 Å². The van der Waals surface area contributed by atoms with E-state index in [4.69, 9.17) is 11.1 Å². The number of nitrogens with one attached hydrogen (secondary N) is 2. The molecule has 76 valence electrons. The predicted octanol–water partition coefficient (Wildman–Crippen LogP) is 0.362. The topological polar surface area (TPSA) is 82.2 Å². The molecule has 0 heterocycles. The predicted molar refractivity (Wildman–Crippen MR) is 52.8 cm³/mol. The summed E-state index contributed by atoms with van der Waals surface area (Å²) in [4.78, 5) is 12.7. The van der Waals surface area contributed by atoms with Crippen LogP contribution in [0, 0.1) is 5.41 Å². The van der Waals surface area contributed by atoms with E-state index < -0.39 is 0 Å². The van der Waals surface area contributed by atoms with Crippen molar-refractivity contribution < 1.29 is 4.79 Å². The Morgan fingerprint density at radius 2 is 2.23 bits per heavy atom. The van der Waals surface area contributed by atoms with Gasteiger partial charge in [0.2, 0.25) is 0 Å². The minimum absolute atomic E-state index is 0.00542. The number of amides is 2. The first-order valence-corrected chi connectivity index (χ1v) is 4.35. The molecule has 13 heavy (non-hydrogen) atoms. The second kappa shape index (κ2) is 5.40. The monoisotopic (exact) mass is 186 g/mol. The zero-order valence-electron chi connectivity index (χ0n) is 8.42. The Morgan fingerprint density at radius 1 is 1.69 bits per heavy atom. The van der Waals surface area contributed by atoms with Crippen LogP contribution in [0.5, 0.6) is 0 Å². The third-order valence-corrected chi connectivity index (χ3v) is 1.88. The first-order valence-electron chi connectivity index (χ1n) is 4.35. The average Bonchev–Trinajstić information content (AvgIpc) is 2.11. The van der Waals surface area contributed by atoms with E-state index in [0.29, 0.717) is 6.54 Å². The van der Waals surface area contributed by atoms with Crippen LogP contribution in [0.3, 0.4) is 0 Å². The van der Waals surface area contributed by atoms with Crippen molar-refractivity contribution in [2.75, 3.05) is 13.6 Å². The number of carbonyl (C=O) groups is 1. The van der Waals surface area contributed by atoms with Crippen molar-refractivity contribution in [1.82, 2.24) is 10.2 Å². The van der Waals surface area contributed by atoms with Crippen LogP contribution < -0.4 is 11.1 Å². The van der Waals surface area contributed by atoms with E-state index in [2.05, 4.69) is 5.32 Å². The molecule has 0 saturated carbocycles. The normalized spacial score (nSPS) is 11.9. The number of hydrogen-bond donors (Lipinski definition) is 3. The summed E-state index contributed by atoms with van der Waals surface area (Å²) in [6, 6.07) is -0.540. The van der Waals surface area contributed by atoms with E-state index in [1.54, 1.807) is 14.0 Å². The lowest BCUT2D eigenvalue weighted by Gasteiger charge is -2.23. The largest absolute Gasteiger partial charge is 0.386 e. The molecule has 0 aliphatic rings. The van der Waals surface area contributed by atoms with E-state index in [1.807, 2.05) is 6.92 Å². The SMILES string of the molecule is CCCNC(=O)N(C)C(C)C(=N)N. The second-order valence-corrected chi connectivity index (χ2v) is 2.97. The van der Waals surface area contributed by atoms with Crippen LogP contribution in [-0.2, 0) is 0 Å². The molecule has 0 bridgehead atoms. The molecule has 0 aromatic heterocycles. The maximum atomic E-state index is 11.3. The highest BCUT2D eigenvalue weighted by molar-refractivity contribution is 5.87. The van der Waals surface area contributed by atoms with Gasteiger partial charge in [0.05, 0.1) is 6.04 Å². The van der Waals surface area contributed by atoms with Crippen LogP contribution in [-0.4, -0.2) is 36.4 Å². The van der Waals surface area contributed by atoms with E-state index in [0.717, 1.165) is 6.42 Å². The first-order chi connectivity index (χ1) is 6.00. The maximum absolute atomic E-state index is 11.3. The standard InChI is InChI=1S/C8H18N4O/c1-4-5-11-8(13)12(3)6(2)7(9)10/h6H,4-5H2,1-3H3,(H3,9,10)(H,11,13). The highest BCUT2D eigenvalue weighted by atomic mass is 16.2. The molecule has 5 heteroatoms. The highest BCUT2D eigenvalue weighted by Crippen LogP contribution is 1.94. The van der Waals surface area contributed by atoms with E-state index in [9.17, 15) is 4.79 Å². The molecule has 0 saturated heterocycles. The van der Waals surface area contributed by atoms with Gasteiger partial charge in [-0.25, -0.2) is 4.79 Å². The molecule has 0 aliphatic heterocycles. The number of hydrogen-bond acceptors (Lipinski definition) is 2. The number of nitrogens with zero attached hydrogens (tertiary/aromatic N) is 1. The zero-order valence-corrected chi connectivity index (χ0v) is 8.42. The van der Waals surface area contributed by atoms with Crippen molar-refractivity contribution >= 4 is 11.9 Å². The molecule has 0 spiro atoms. The summed E-state index contributed by atoms with van der Waals surface area (Å²) < 4.78 is 0. The number of amidine groups is 1. The molecule has 4 N–H and O–H groups in total. The molecule has 1 unspecified atom stereocenters. The summed E-state index contributed by atoms with van der Waals surface area (Å²) in [6.07, 6.45) is 0.897. The van der Waals surface area contributed by atoms with Crippen molar-refractivity contribution in [3.63, 3.8) is 0 Å². The molecule has 0 aromatic rings. The molecule has 0 aromatic carbocycles. The molecule has 1 atom stereocenters. The van der Waals surface area contributed by atoms with E-state index in [1.165, 1.54) is 4.90 Å². The van der Waals surface area contributed by atoms with E-state index in [-0.39, 0.29) is 17.9 Å². The average molecular weight is 186 g/mol. The minimum Gasteiger partial charge on any atom is -0.386 e. The smallest absolute Gasteiger partial charge is 0.317 e. The van der Waals surface area contributed by atoms with Gasteiger partial charge in [0.25, 0.3) is 0 Å². The molecule has 0 radical (unpaired) electrons. The molecule has 0 aliphatic carbocycles. The number of rotatable bonds is 4. The van der Waals surface area contributed by atoms with Gasteiger partial charge in [-0.3, -0.25) is 5.41 Å². The number of likely N-dealkylation sites (N-methyl/N-ethyl adjacent to an activating group) is 1. The second-order valence-electron chi connectivity index (χ2n) is 2.97. The highest BCUT2D eigenvalue weighted by Gasteiger charge is 2.16. The van der Waals surface area contributed by atoms with Crippen LogP contribution in [0.2, 0.25) is 0 Å². The Hall–Kier alpha value is -1.26. The summed E-state index contributed by atoms with van der Waals surface area (Å²) in [6.45, 7) is 4.34. The molecule has 0 fully saturated rings. The summed E-state index contributed by atoms with van der Waals surface area (Å²) >= 11 is 0. The van der Waals surface area contributed by atoms with Crippen LogP contribution in [0.1, 0.15) is 20.3 Å². The van der Waals surface area contributed by atoms with Gasteiger partial charge >= 0.3 is 6.03 Å². The minimum atomic E-state index is -0.350. The van der Waals surface area contributed by atoms with Gasteiger partial charge in [-0.2, -0.15) is 0 Å². The maximum Gasteiger partial charge on any atom is 0.317 e. The Kier molecular flexibility index (Phi) is 4.87. The van der Waals surface area contributed by atoms with Crippen molar-refractivity contribution in [2.24, 2.45) is 5.73 Å². The van der Waals surface area contributed by atoms with Crippen LogP contribution >= 0.6 is 0 Å². The molecular weight excluding hydrogens is 168 g/mol. The number of nitrogens with two attached hydrogens (primary N) is 1. The third kappa shape index (κ3) is 3.78. The summed E-state index contributed by atoms with van der Waals surface area (Å²) in [5.74, 6) is -0.00542. The molecular formula is C8H18N4O. The number of urea groups is 1. The lowest BCUT2D eigenvalue weighted by molar-refractivity contribution is 0.204. The summed E-state index contributed by atoms with van der Waals surface area (Å²) in [5, 5.41) is 9.86. The van der Waals surface area contributed by atoms with Gasteiger partial charge in [-0.1, -0.05) is 6.92 Å². The van der Waals surface area contributed by atoms with Gasteiger partial charge in [-0.15, -0.1) is 0 Å². The lowest BCUT2D eigenvalue weighted by atomic mass is 10.3. The van der Waals surface area contributed by atoms with Crippen LogP contribution in [0.25, 0.3) is 0 Å². The van der Waals surface area contributed by atoms with E-state index >= 15 is 0 Å². The van der Waals surface area contributed by atoms with Gasteiger partial charge in [0.15, 0.2) is 0 Å². The summed E-state index contributed by atoms with van der Waals surface area (Å²) in [5.41, 5.74) is 5.26. The van der Waals surface area contributed by atoms with Crippen LogP contribution in [0.15, 0.2) is 0 Å². The molecule has 5 nitrogen and oxygen atoms in total.